The summed E-state index contributed by atoms with van der Waals surface area (Å²) in [5.41, 5.74) is -2.83. The molecule has 9 fully saturated rings. The maximum Gasteiger partial charge on any atom is 0.203 e. The quantitative estimate of drug-likeness (QED) is 0.0912. The zero-order valence-corrected chi connectivity index (χ0v) is 40.7. The van der Waals surface area contributed by atoms with E-state index < -0.39 is 202 Å². The van der Waals surface area contributed by atoms with Gasteiger partial charge < -0.3 is 114 Å². The monoisotopic (exact) mass is 1030 g/mol. The normalized spacial score (nSPS) is 57.6. The molecule has 6 aliphatic heterocycles. The Morgan fingerprint density at radius 3 is 2.14 bits per heavy atom. The van der Waals surface area contributed by atoms with Crippen molar-refractivity contribution in [3.63, 3.8) is 0 Å². The van der Waals surface area contributed by atoms with Crippen molar-refractivity contribution >= 4 is 5.78 Å². The van der Waals surface area contributed by atoms with Gasteiger partial charge in [-0.25, -0.2) is 0 Å². The average Bonchev–Trinajstić information content (AvgIpc) is 3.92. The molecule has 0 aromatic rings. The molecule has 6 heterocycles. The Labute approximate surface area is 415 Å². The summed E-state index contributed by atoms with van der Waals surface area (Å²) in [5, 5.41) is 142. The van der Waals surface area contributed by atoms with Crippen LogP contribution in [0.15, 0.2) is 11.6 Å². The molecule has 410 valence electrons. The Morgan fingerprint density at radius 1 is 0.736 bits per heavy atom. The molecule has 0 radical (unpaired) electrons. The second-order valence-electron chi connectivity index (χ2n) is 22.9. The SMILES string of the molecule is CC1COC2(OC3C(=O)C4C5CC=C6CC(O)CC(OC7OCC(O)C(OC8OCC(O)C(O)C8O)C7OC7OC(C)C(O)C(OC8OCC(O)(CO)C8O)C7O)C6(C)C5CCC4(C)C3C2CO)C(O)C1O. The van der Waals surface area contributed by atoms with Gasteiger partial charge in [0.05, 0.1) is 64.1 Å². The topological polar surface area (TPSA) is 372 Å². The van der Waals surface area contributed by atoms with Crippen molar-refractivity contribution in [3.05, 3.63) is 11.6 Å². The van der Waals surface area contributed by atoms with E-state index in [-0.39, 0.29) is 30.6 Å². The van der Waals surface area contributed by atoms with Crippen molar-refractivity contribution in [2.45, 2.75) is 194 Å². The maximum atomic E-state index is 15.0. The molecule has 30 unspecified atom stereocenters. The van der Waals surface area contributed by atoms with Gasteiger partial charge in [0.25, 0.3) is 0 Å². The summed E-state index contributed by atoms with van der Waals surface area (Å²) in [7, 11) is 0. The van der Waals surface area contributed by atoms with Gasteiger partial charge >= 0.3 is 0 Å². The molecule has 0 amide bonds. The third-order valence-electron chi connectivity index (χ3n) is 18.8. The fourth-order valence-corrected chi connectivity index (χ4v) is 14.6. The zero-order chi connectivity index (χ0) is 51.7. The number of allylic oxidation sites excluding steroid dienone is 1. The number of hydrogen-bond donors (Lipinski definition) is 13. The van der Waals surface area contributed by atoms with Crippen molar-refractivity contribution in [2.24, 2.45) is 46.3 Å². The predicted octanol–water partition coefficient (Wildman–Crippen LogP) is -4.98. The Morgan fingerprint density at radius 2 is 1.43 bits per heavy atom. The summed E-state index contributed by atoms with van der Waals surface area (Å²) < 4.78 is 61.3. The second kappa shape index (κ2) is 19.7. The molecule has 0 bridgehead atoms. The van der Waals surface area contributed by atoms with Crippen molar-refractivity contribution in [3.8, 4) is 0 Å². The van der Waals surface area contributed by atoms with Crippen LogP contribution >= 0.6 is 0 Å². The first-order valence-electron chi connectivity index (χ1n) is 25.5. The highest BCUT2D eigenvalue weighted by Crippen LogP contribution is 2.70. The van der Waals surface area contributed by atoms with Gasteiger partial charge in [0.15, 0.2) is 30.9 Å². The molecule has 1 spiro atoms. The van der Waals surface area contributed by atoms with Gasteiger partial charge in [-0.1, -0.05) is 32.4 Å². The van der Waals surface area contributed by atoms with Gasteiger partial charge in [-0.05, 0) is 49.9 Å². The molecule has 24 heteroatoms. The molecule has 13 N–H and O–H groups in total. The first kappa shape index (κ1) is 53.9. The lowest BCUT2D eigenvalue weighted by molar-refractivity contribution is -0.387. The van der Waals surface area contributed by atoms with Crippen LogP contribution in [0.25, 0.3) is 0 Å². The van der Waals surface area contributed by atoms with Gasteiger partial charge in [0.2, 0.25) is 5.79 Å². The third kappa shape index (κ3) is 8.33. The van der Waals surface area contributed by atoms with Crippen LogP contribution in [-0.2, 0) is 52.2 Å². The average molecular weight is 1040 g/mol. The second-order valence-corrected chi connectivity index (χ2v) is 22.9. The first-order valence-corrected chi connectivity index (χ1v) is 25.5. The van der Waals surface area contributed by atoms with Gasteiger partial charge in [0.1, 0.15) is 78.8 Å². The summed E-state index contributed by atoms with van der Waals surface area (Å²) >= 11 is 0. The molecule has 0 aromatic heterocycles. The van der Waals surface area contributed by atoms with Crippen LogP contribution in [0.3, 0.4) is 0 Å². The smallest absolute Gasteiger partial charge is 0.203 e. The van der Waals surface area contributed by atoms with E-state index in [4.69, 9.17) is 47.4 Å². The summed E-state index contributed by atoms with van der Waals surface area (Å²) in [6.45, 7) is 4.48. The minimum Gasteiger partial charge on any atom is -0.396 e. The fraction of sp³-hybridized carbons (Fsp3) is 0.938. The summed E-state index contributed by atoms with van der Waals surface area (Å²) in [6.07, 6.45) is -26.0. The van der Waals surface area contributed by atoms with Crippen LogP contribution in [0, 0.1) is 46.3 Å². The molecular weight excluding hydrogens is 961 g/mol. The number of hydrogen-bond acceptors (Lipinski definition) is 24. The molecule has 10 aliphatic rings. The molecule has 6 saturated heterocycles. The van der Waals surface area contributed by atoms with Crippen LogP contribution in [0.5, 0.6) is 0 Å². The van der Waals surface area contributed by atoms with Crippen molar-refractivity contribution < 1.29 is 119 Å². The number of rotatable bonds is 10. The maximum absolute atomic E-state index is 15.0. The number of aliphatic hydroxyl groups is 13. The number of carbonyl (C=O) groups is 1. The van der Waals surface area contributed by atoms with Crippen molar-refractivity contribution in [1.82, 2.24) is 0 Å². The van der Waals surface area contributed by atoms with E-state index in [1.54, 1.807) is 6.92 Å². The Hall–Kier alpha value is -1.51. The number of ether oxygens (including phenoxy) is 10. The number of Topliss-reactive ketones (excluding diaryl/α,β-unsaturated/α-hetero) is 1. The molecule has 10 rings (SSSR count). The Kier molecular flexibility index (Phi) is 14.8. The summed E-state index contributed by atoms with van der Waals surface area (Å²) in [5.74, 6) is -4.83. The molecular formula is C48H74O24. The lowest BCUT2D eigenvalue weighted by atomic mass is 9.46. The molecule has 24 nitrogen and oxygen atoms in total. The van der Waals surface area contributed by atoms with Gasteiger partial charge in [-0.3, -0.25) is 4.79 Å². The van der Waals surface area contributed by atoms with E-state index in [1.165, 1.54) is 6.92 Å². The highest BCUT2D eigenvalue weighted by atomic mass is 16.8. The van der Waals surface area contributed by atoms with Crippen LogP contribution in [-0.4, -0.2) is 246 Å². The highest BCUT2D eigenvalue weighted by Gasteiger charge is 2.76. The van der Waals surface area contributed by atoms with Crippen LogP contribution in [0.1, 0.15) is 59.8 Å². The minimum atomic E-state index is -2.10. The minimum absolute atomic E-state index is 0.0583. The van der Waals surface area contributed by atoms with Gasteiger partial charge in [-0.2, -0.15) is 0 Å². The third-order valence-corrected chi connectivity index (χ3v) is 18.8. The van der Waals surface area contributed by atoms with E-state index in [0.29, 0.717) is 25.7 Å². The van der Waals surface area contributed by atoms with E-state index in [2.05, 4.69) is 0 Å². The number of fused-ring (bicyclic) bond motifs is 7. The van der Waals surface area contributed by atoms with E-state index in [9.17, 15) is 71.2 Å². The molecule has 3 saturated carbocycles. The lowest BCUT2D eigenvalue weighted by Gasteiger charge is -2.60. The summed E-state index contributed by atoms with van der Waals surface area (Å²) in [4.78, 5) is 15.0. The summed E-state index contributed by atoms with van der Waals surface area (Å²) in [6, 6.07) is 0. The first-order chi connectivity index (χ1) is 34.0. The molecule has 30 atom stereocenters. The van der Waals surface area contributed by atoms with E-state index >= 15 is 0 Å². The molecule has 72 heavy (non-hydrogen) atoms. The molecule has 4 aliphatic carbocycles. The fourth-order valence-electron chi connectivity index (χ4n) is 14.6. The van der Waals surface area contributed by atoms with Gasteiger partial charge in [0, 0.05) is 35.5 Å². The van der Waals surface area contributed by atoms with Crippen molar-refractivity contribution in [1.29, 1.82) is 0 Å². The Bertz CT molecular complexity index is 2000. The van der Waals surface area contributed by atoms with Crippen LogP contribution in [0.2, 0.25) is 0 Å². The largest absolute Gasteiger partial charge is 0.396 e. The van der Waals surface area contributed by atoms with Gasteiger partial charge in [-0.15, -0.1) is 0 Å². The van der Waals surface area contributed by atoms with Crippen molar-refractivity contribution in [2.75, 3.05) is 39.6 Å². The van der Waals surface area contributed by atoms with E-state index in [0.717, 1.165) is 5.57 Å². The van der Waals surface area contributed by atoms with E-state index in [1.807, 2.05) is 19.9 Å². The van der Waals surface area contributed by atoms with Crippen LogP contribution < -0.4 is 0 Å². The number of ketones is 1. The molecule has 0 aromatic carbocycles. The number of aliphatic hydroxyl groups excluding tert-OH is 12. The lowest BCUT2D eigenvalue weighted by Crippen LogP contribution is -2.66. The number of carbonyl (C=O) groups excluding carboxylic acids is 1. The Balaban J connectivity index is 0.944. The predicted molar refractivity (Wildman–Crippen MR) is 235 cm³/mol. The van der Waals surface area contributed by atoms with Crippen LogP contribution in [0.4, 0.5) is 0 Å². The standard InChI is InChI=1S/C48H74O24/c1-17-12-66-48(39(60)29(17)54)23(11-49)28-36(72-48)32(57)27-21-6-5-19-9-20(51)10-26(46(19,4)22(21)7-8-45(27,28)3)68-43-38(35(25(53)14-64-43)69-41-33(58)31(56)24(52)13-63-41)71-42-34(59)37(30(55)18(2)67-42)70-44-40(61)47(62,15-50)16-65-44/h5,17-18,20-31,33-44,49-56,58-62H,6-16H2,1-4H3. The highest BCUT2D eigenvalue weighted by molar-refractivity contribution is 5.90. The zero-order valence-electron chi connectivity index (χ0n) is 40.7.